The standard InChI is InChI=1S/C22H20N6O2S2/c1-13-17(20-27-28-14(2)25-26-22(28)32-20)5-4-6-18(13)23-21(31)24-19(29)12-9-15-7-10-16(30-3)11-8-15/h4-12H,1-3H3,(H2,23,24,29,31)/b12-9+. The first-order valence-corrected chi connectivity index (χ1v) is 10.9. The third-order valence-electron chi connectivity index (χ3n) is 4.74. The number of carbonyl (C=O) groups excluding carboxylic acids is 1. The number of methoxy groups -OCH3 is 1. The Kier molecular flexibility index (Phi) is 6.24. The second kappa shape index (κ2) is 9.25. The quantitative estimate of drug-likeness (QED) is 0.341. The van der Waals surface area contributed by atoms with Gasteiger partial charge in [-0.25, -0.2) is 0 Å². The normalized spacial score (nSPS) is 11.1. The van der Waals surface area contributed by atoms with Gasteiger partial charge in [-0.15, -0.1) is 10.2 Å². The van der Waals surface area contributed by atoms with Gasteiger partial charge in [0, 0.05) is 17.3 Å². The average molecular weight is 465 g/mol. The Morgan fingerprint density at radius 1 is 1.16 bits per heavy atom. The lowest BCUT2D eigenvalue weighted by atomic mass is 10.1. The minimum absolute atomic E-state index is 0.212. The van der Waals surface area contributed by atoms with Gasteiger partial charge < -0.3 is 10.1 Å². The van der Waals surface area contributed by atoms with E-state index in [1.165, 1.54) is 17.4 Å². The zero-order chi connectivity index (χ0) is 22.7. The maximum absolute atomic E-state index is 12.2. The van der Waals surface area contributed by atoms with E-state index in [0.717, 1.165) is 43.9 Å². The highest BCUT2D eigenvalue weighted by atomic mass is 32.1. The molecule has 0 radical (unpaired) electrons. The Hall–Kier alpha value is -3.63. The summed E-state index contributed by atoms with van der Waals surface area (Å²) in [6, 6.07) is 13.2. The van der Waals surface area contributed by atoms with Crippen molar-refractivity contribution in [2.75, 3.05) is 12.4 Å². The number of anilines is 1. The van der Waals surface area contributed by atoms with Crippen molar-refractivity contribution in [1.82, 2.24) is 25.1 Å². The Labute approximate surface area is 193 Å². The molecule has 10 heteroatoms. The van der Waals surface area contributed by atoms with Crippen molar-refractivity contribution in [1.29, 1.82) is 0 Å². The molecule has 0 aliphatic heterocycles. The van der Waals surface area contributed by atoms with E-state index in [4.69, 9.17) is 17.0 Å². The summed E-state index contributed by atoms with van der Waals surface area (Å²) in [6.07, 6.45) is 3.14. The van der Waals surface area contributed by atoms with E-state index in [-0.39, 0.29) is 11.0 Å². The molecule has 4 rings (SSSR count). The van der Waals surface area contributed by atoms with Crippen LogP contribution in [0.1, 0.15) is 17.0 Å². The van der Waals surface area contributed by atoms with Gasteiger partial charge in [-0.3, -0.25) is 10.1 Å². The van der Waals surface area contributed by atoms with Crippen molar-refractivity contribution < 1.29 is 9.53 Å². The lowest BCUT2D eigenvalue weighted by Crippen LogP contribution is -2.33. The number of aryl methyl sites for hydroxylation is 1. The Bertz CT molecular complexity index is 1320. The number of benzene rings is 2. The number of nitrogens with zero attached hydrogens (tertiary/aromatic N) is 4. The molecule has 32 heavy (non-hydrogen) atoms. The summed E-state index contributed by atoms with van der Waals surface area (Å²) in [5.74, 6) is 1.17. The van der Waals surface area contributed by atoms with Crippen LogP contribution in [0, 0.1) is 13.8 Å². The first-order chi connectivity index (χ1) is 15.4. The van der Waals surface area contributed by atoms with Crippen LogP contribution in [-0.2, 0) is 4.79 Å². The summed E-state index contributed by atoms with van der Waals surface area (Å²) in [5.41, 5.74) is 3.58. The van der Waals surface area contributed by atoms with Gasteiger partial charge >= 0.3 is 0 Å². The summed E-state index contributed by atoms with van der Waals surface area (Å²) in [7, 11) is 1.61. The van der Waals surface area contributed by atoms with E-state index in [9.17, 15) is 4.79 Å². The maximum Gasteiger partial charge on any atom is 0.250 e. The van der Waals surface area contributed by atoms with E-state index < -0.39 is 0 Å². The van der Waals surface area contributed by atoms with Crippen LogP contribution in [0.3, 0.4) is 0 Å². The van der Waals surface area contributed by atoms with Gasteiger partial charge in [0.2, 0.25) is 10.9 Å². The van der Waals surface area contributed by atoms with Gasteiger partial charge in [0.25, 0.3) is 0 Å². The molecule has 1 amide bonds. The lowest BCUT2D eigenvalue weighted by Gasteiger charge is -2.13. The third kappa shape index (κ3) is 4.66. The molecule has 2 aromatic carbocycles. The number of ether oxygens (including phenoxy) is 1. The molecule has 0 fully saturated rings. The molecule has 162 valence electrons. The first-order valence-electron chi connectivity index (χ1n) is 9.67. The summed E-state index contributed by atoms with van der Waals surface area (Å²) in [5, 5.41) is 19.5. The summed E-state index contributed by atoms with van der Waals surface area (Å²) in [4.78, 5) is 13.0. The van der Waals surface area contributed by atoms with Gasteiger partial charge in [-0.1, -0.05) is 35.6 Å². The molecule has 2 aromatic heterocycles. The van der Waals surface area contributed by atoms with Gasteiger partial charge in [0.1, 0.15) is 10.8 Å². The second-order valence-corrected chi connectivity index (χ2v) is 8.24. The van der Waals surface area contributed by atoms with Crippen molar-refractivity contribution in [3.8, 4) is 16.3 Å². The van der Waals surface area contributed by atoms with E-state index >= 15 is 0 Å². The molecule has 2 heterocycles. The highest BCUT2D eigenvalue weighted by molar-refractivity contribution is 7.80. The van der Waals surface area contributed by atoms with Crippen molar-refractivity contribution in [3.05, 3.63) is 65.5 Å². The van der Waals surface area contributed by atoms with E-state index in [2.05, 4.69) is 25.9 Å². The molecular formula is C22H20N6O2S2. The van der Waals surface area contributed by atoms with Crippen LogP contribution < -0.4 is 15.4 Å². The number of fused-ring (bicyclic) bond motifs is 1. The molecule has 8 nitrogen and oxygen atoms in total. The van der Waals surface area contributed by atoms with Crippen LogP contribution in [0.2, 0.25) is 0 Å². The second-order valence-electron chi connectivity index (χ2n) is 6.88. The summed E-state index contributed by atoms with van der Waals surface area (Å²) in [6.45, 7) is 3.83. The molecule has 0 aliphatic carbocycles. The third-order valence-corrected chi connectivity index (χ3v) is 5.88. The van der Waals surface area contributed by atoms with Gasteiger partial charge in [0.15, 0.2) is 10.9 Å². The Morgan fingerprint density at radius 3 is 2.66 bits per heavy atom. The van der Waals surface area contributed by atoms with E-state index in [1.54, 1.807) is 17.7 Å². The van der Waals surface area contributed by atoms with Crippen molar-refractivity contribution >= 4 is 51.3 Å². The number of hydrogen-bond donors (Lipinski definition) is 2. The van der Waals surface area contributed by atoms with Crippen LogP contribution in [0.5, 0.6) is 5.75 Å². The predicted molar refractivity (Wildman–Crippen MR) is 130 cm³/mol. The van der Waals surface area contributed by atoms with E-state index in [1.807, 2.05) is 56.3 Å². The SMILES string of the molecule is COc1ccc(/C=C/C(=O)NC(=S)Nc2cccc(-c3nn4c(C)nnc4s3)c2C)cc1. The summed E-state index contributed by atoms with van der Waals surface area (Å²) >= 11 is 6.78. The van der Waals surface area contributed by atoms with Crippen LogP contribution in [0.4, 0.5) is 5.69 Å². The van der Waals surface area contributed by atoms with Crippen LogP contribution >= 0.6 is 23.6 Å². The fraction of sp³-hybridized carbons (Fsp3) is 0.136. The molecule has 0 saturated carbocycles. The highest BCUT2D eigenvalue weighted by Crippen LogP contribution is 2.31. The fourth-order valence-electron chi connectivity index (χ4n) is 3.02. The molecule has 0 saturated heterocycles. The number of amides is 1. The average Bonchev–Trinajstić information content (AvgIpc) is 3.36. The number of aromatic nitrogens is 4. The number of thiocarbonyl (C=S) groups is 1. The number of carbonyl (C=O) groups is 1. The molecular weight excluding hydrogens is 444 g/mol. The zero-order valence-corrected chi connectivity index (χ0v) is 19.3. The van der Waals surface area contributed by atoms with Crippen LogP contribution in [0.15, 0.2) is 48.5 Å². The van der Waals surface area contributed by atoms with Gasteiger partial charge in [0.05, 0.1) is 7.11 Å². The van der Waals surface area contributed by atoms with Crippen molar-refractivity contribution in [2.24, 2.45) is 0 Å². The topological polar surface area (TPSA) is 93.4 Å². The Morgan fingerprint density at radius 2 is 1.94 bits per heavy atom. The smallest absolute Gasteiger partial charge is 0.250 e. The predicted octanol–water partition coefficient (Wildman–Crippen LogP) is 4.00. The van der Waals surface area contributed by atoms with Gasteiger partial charge in [-0.2, -0.15) is 9.61 Å². The molecule has 0 unspecified atom stereocenters. The fourth-order valence-corrected chi connectivity index (χ4v) is 4.20. The molecule has 0 atom stereocenters. The Balaban J connectivity index is 1.43. The maximum atomic E-state index is 12.2. The highest BCUT2D eigenvalue weighted by Gasteiger charge is 2.14. The number of rotatable bonds is 5. The summed E-state index contributed by atoms with van der Waals surface area (Å²) < 4.78 is 6.85. The van der Waals surface area contributed by atoms with Crippen LogP contribution in [-0.4, -0.2) is 37.9 Å². The monoisotopic (exact) mass is 464 g/mol. The molecule has 0 bridgehead atoms. The molecule has 0 spiro atoms. The number of nitrogens with one attached hydrogen (secondary N) is 2. The van der Waals surface area contributed by atoms with Crippen molar-refractivity contribution in [3.63, 3.8) is 0 Å². The van der Waals surface area contributed by atoms with Crippen molar-refractivity contribution in [2.45, 2.75) is 13.8 Å². The zero-order valence-electron chi connectivity index (χ0n) is 17.6. The minimum Gasteiger partial charge on any atom is -0.497 e. The molecule has 0 aliphatic rings. The largest absolute Gasteiger partial charge is 0.497 e. The molecule has 2 N–H and O–H groups in total. The minimum atomic E-state index is -0.323. The first kappa shape index (κ1) is 21.6. The van der Waals surface area contributed by atoms with Gasteiger partial charge in [-0.05, 0) is 61.5 Å². The number of hydrogen-bond acceptors (Lipinski definition) is 7. The van der Waals surface area contributed by atoms with Crippen LogP contribution in [0.25, 0.3) is 21.6 Å². The molecule has 4 aromatic rings. The van der Waals surface area contributed by atoms with E-state index in [0.29, 0.717) is 0 Å². The lowest BCUT2D eigenvalue weighted by molar-refractivity contribution is -0.115.